The number of likely N-dealkylation sites (tertiary alicyclic amines) is 1. The Kier molecular flexibility index (Phi) is 4.61. The number of carboxylic acids is 1. The Bertz CT molecular complexity index is 474. The fraction of sp³-hybridized carbons (Fsp3) is 0.467. The molecular formula is C15H19NO4. The summed E-state index contributed by atoms with van der Waals surface area (Å²) in [4.78, 5) is 24.6. The lowest BCUT2D eigenvalue weighted by atomic mass is 9.93. The highest BCUT2D eigenvalue weighted by atomic mass is 16.6. The Labute approximate surface area is 118 Å². The summed E-state index contributed by atoms with van der Waals surface area (Å²) < 4.78 is 5.21. The lowest BCUT2D eigenvalue weighted by molar-refractivity contribution is -0.144. The molecule has 1 heterocycles. The molecule has 0 saturated carbocycles. The van der Waals surface area contributed by atoms with E-state index in [4.69, 9.17) is 4.74 Å². The lowest BCUT2D eigenvalue weighted by Gasteiger charge is -2.35. The van der Waals surface area contributed by atoms with Crippen LogP contribution in [-0.4, -0.2) is 34.7 Å². The van der Waals surface area contributed by atoms with Gasteiger partial charge in [-0.25, -0.2) is 9.59 Å². The summed E-state index contributed by atoms with van der Waals surface area (Å²) >= 11 is 0. The lowest BCUT2D eigenvalue weighted by Crippen LogP contribution is -2.49. The number of hydrogen-bond donors (Lipinski definition) is 1. The molecule has 1 aliphatic heterocycles. The van der Waals surface area contributed by atoms with Crippen LogP contribution in [-0.2, 0) is 16.1 Å². The Balaban J connectivity index is 1.95. The van der Waals surface area contributed by atoms with E-state index in [-0.39, 0.29) is 6.61 Å². The second kappa shape index (κ2) is 6.41. The minimum absolute atomic E-state index is 0.165. The standard InChI is InChI=1S/C15H19NO4/c1-11-7-8-16(13(9-11)14(17)18)15(19)20-10-12-5-3-2-4-6-12/h2-6,11,13H,7-10H2,1H3,(H,17,18)/t11?,13-/m1/s1. The van der Waals surface area contributed by atoms with Crippen molar-refractivity contribution in [3.63, 3.8) is 0 Å². The van der Waals surface area contributed by atoms with Gasteiger partial charge >= 0.3 is 12.1 Å². The van der Waals surface area contributed by atoms with E-state index in [0.717, 1.165) is 12.0 Å². The molecule has 1 N–H and O–H groups in total. The number of hydrogen-bond acceptors (Lipinski definition) is 3. The first-order valence-corrected chi connectivity index (χ1v) is 6.78. The maximum absolute atomic E-state index is 12.0. The van der Waals surface area contributed by atoms with Crippen molar-refractivity contribution in [2.75, 3.05) is 6.54 Å². The van der Waals surface area contributed by atoms with E-state index >= 15 is 0 Å². The number of piperidine rings is 1. The van der Waals surface area contributed by atoms with Crippen LogP contribution < -0.4 is 0 Å². The highest BCUT2D eigenvalue weighted by Crippen LogP contribution is 2.23. The fourth-order valence-electron chi connectivity index (χ4n) is 2.40. The maximum Gasteiger partial charge on any atom is 0.410 e. The van der Waals surface area contributed by atoms with Gasteiger partial charge in [-0.05, 0) is 24.3 Å². The number of nitrogens with zero attached hydrogens (tertiary/aromatic N) is 1. The second-order valence-corrected chi connectivity index (χ2v) is 5.22. The van der Waals surface area contributed by atoms with Gasteiger partial charge in [-0.1, -0.05) is 37.3 Å². The van der Waals surface area contributed by atoms with Crippen LogP contribution in [0.15, 0.2) is 30.3 Å². The SMILES string of the molecule is CC1CCN(C(=O)OCc2ccccc2)[C@@H](C(=O)O)C1. The Morgan fingerprint density at radius 3 is 2.70 bits per heavy atom. The number of carboxylic acid groups (broad SMARTS) is 1. The number of carbonyl (C=O) groups is 2. The van der Waals surface area contributed by atoms with E-state index in [9.17, 15) is 14.7 Å². The van der Waals surface area contributed by atoms with Crippen LogP contribution >= 0.6 is 0 Å². The van der Waals surface area contributed by atoms with Crippen LogP contribution in [0.3, 0.4) is 0 Å². The summed E-state index contributed by atoms with van der Waals surface area (Å²) in [7, 11) is 0. The van der Waals surface area contributed by atoms with E-state index in [0.29, 0.717) is 18.9 Å². The number of amides is 1. The van der Waals surface area contributed by atoms with Gasteiger partial charge in [0.1, 0.15) is 12.6 Å². The maximum atomic E-state index is 12.0. The second-order valence-electron chi connectivity index (χ2n) is 5.22. The summed E-state index contributed by atoms with van der Waals surface area (Å²) in [5, 5.41) is 9.21. The molecule has 20 heavy (non-hydrogen) atoms. The molecule has 1 aliphatic rings. The van der Waals surface area contributed by atoms with Crippen molar-refractivity contribution in [2.24, 2.45) is 5.92 Å². The van der Waals surface area contributed by atoms with Crippen LogP contribution in [0.1, 0.15) is 25.3 Å². The zero-order chi connectivity index (χ0) is 14.5. The molecule has 5 heteroatoms. The Morgan fingerprint density at radius 2 is 2.05 bits per heavy atom. The third-order valence-electron chi connectivity index (χ3n) is 3.59. The highest BCUT2D eigenvalue weighted by Gasteiger charge is 2.35. The summed E-state index contributed by atoms with van der Waals surface area (Å²) in [6.45, 7) is 2.60. The van der Waals surface area contributed by atoms with E-state index in [1.165, 1.54) is 4.90 Å². The van der Waals surface area contributed by atoms with E-state index < -0.39 is 18.1 Å². The molecule has 1 aromatic carbocycles. The molecule has 108 valence electrons. The molecule has 2 rings (SSSR count). The van der Waals surface area contributed by atoms with Gasteiger partial charge in [0.15, 0.2) is 0 Å². The van der Waals surface area contributed by atoms with E-state index in [1.54, 1.807) is 0 Å². The smallest absolute Gasteiger partial charge is 0.410 e. The molecule has 1 unspecified atom stereocenters. The molecule has 0 spiro atoms. The van der Waals surface area contributed by atoms with Crippen LogP contribution in [0.25, 0.3) is 0 Å². The van der Waals surface area contributed by atoms with Crippen LogP contribution in [0.2, 0.25) is 0 Å². The summed E-state index contributed by atoms with van der Waals surface area (Å²) in [6, 6.07) is 8.57. The van der Waals surface area contributed by atoms with Crippen LogP contribution in [0.5, 0.6) is 0 Å². The molecule has 5 nitrogen and oxygen atoms in total. The van der Waals surface area contributed by atoms with Crippen molar-refractivity contribution in [2.45, 2.75) is 32.4 Å². The molecule has 2 atom stereocenters. The largest absolute Gasteiger partial charge is 0.480 e. The van der Waals surface area contributed by atoms with Gasteiger partial charge in [-0.15, -0.1) is 0 Å². The first kappa shape index (κ1) is 14.4. The van der Waals surface area contributed by atoms with Crippen molar-refractivity contribution in [3.8, 4) is 0 Å². The summed E-state index contributed by atoms with van der Waals surface area (Å²) in [6.07, 6.45) is 0.744. The summed E-state index contributed by atoms with van der Waals surface area (Å²) in [5.74, 6) is -0.650. The zero-order valence-electron chi connectivity index (χ0n) is 11.5. The number of aliphatic carboxylic acids is 1. The van der Waals surface area contributed by atoms with Gasteiger partial charge in [0.05, 0.1) is 0 Å². The van der Waals surface area contributed by atoms with Crippen LogP contribution in [0.4, 0.5) is 4.79 Å². The van der Waals surface area contributed by atoms with Gasteiger partial charge in [-0.2, -0.15) is 0 Å². The van der Waals surface area contributed by atoms with Crippen molar-refractivity contribution in [1.29, 1.82) is 0 Å². The number of rotatable bonds is 3. The van der Waals surface area contributed by atoms with Crippen molar-refractivity contribution < 1.29 is 19.4 Å². The molecule has 1 saturated heterocycles. The van der Waals surface area contributed by atoms with Gasteiger partial charge in [-0.3, -0.25) is 4.90 Å². The molecular weight excluding hydrogens is 258 g/mol. The monoisotopic (exact) mass is 277 g/mol. The molecule has 1 amide bonds. The highest BCUT2D eigenvalue weighted by molar-refractivity contribution is 5.80. The van der Waals surface area contributed by atoms with Gasteiger partial charge < -0.3 is 9.84 Å². The average Bonchev–Trinajstić information content (AvgIpc) is 2.45. The number of benzene rings is 1. The number of ether oxygens (including phenoxy) is 1. The van der Waals surface area contributed by atoms with Gasteiger partial charge in [0.25, 0.3) is 0 Å². The zero-order valence-corrected chi connectivity index (χ0v) is 11.5. The topological polar surface area (TPSA) is 66.8 Å². The minimum atomic E-state index is -0.965. The molecule has 0 bridgehead atoms. The molecule has 1 aromatic rings. The minimum Gasteiger partial charge on any atom is -0.480 e. The van der Waals surface area contributed by atoms with Crippen molar-refractivity contribution in [3.05, 3.63) is 35.9 Å². The molecule has 0 aliphatic carbocycles. The van der Waals surface area contributed by atoms with E-state index in [1.807, 2.05) is 37.3 Å². The molecule has 0 aromatic heterocycles. The summed E-state index contributed by atoms with van der Waals surface area (Å²) in [5.41, 5.74) is 0.887. The van der Waals surface area contributed by atoms with Crippen molar-refractivity contribution >= 4 is 12.1 Å². The van der Waals surface area contributed by atoms with Crippen LogP contribution in [0, 0.1) is 5.92 Å². The first-order valence-electron chi connectivity index (χ1n) is 6.78. The third kappa shape index (κ3) is 3.50. The van der Waals surface area contributed by atoms with Crippen molar-refractivity contribution in [1.82, 2.24) is 4.90 Å². The molecule has 0 radical (unpaired) electrons. The Morgan fingerprint density at radius 1 is 1.35 bits per heavy atom. The quantitative estimate of drug-likeness (QED) is 0.921. The van der Waals surface area contributed by atoms with Gasteiger partial charge in [0, 0.05) is 6.54 Å². The predicted molar refractivity (Wildman–Crippen MR) is 73.2 cm³/mol. The van der Waals surface area contributed by atoms with Gasteiger partial charge in [0.2, 0.25) is 0 Å². The third-order valence-corrected chi connectivity index (χ3v) is 3.59. The Hall–Kier alpha value is -2.04. The average molecular weight is 277 g/mol. The predicted octanol–water partition coefficient (Wildman–Crippen LogP) is 2.51. The first-order chi connectivity index (χ1) is 9.58. The van der Waals surface area contributed by atoms with E-state index in [2.05, 4.69) is 0 Å². The number of carbonyl (C=O) groups excluding carboxylic acids is 1. The fourth-order valence-corrected chi connectivity index (χ4v) is 2.40. The molecule has 1 fully saturated rings. The normalized spacial score (nSPS) is 22.4.